The van der Waals surface area contributed by atoms with Crippen molar-refractivity contribution in [2.45, 2.75) is 31.5 Å². The SMILES string of the molecule is Cc1ccc(C(=O)NC[C@H]2[C@H]3CN(C)C[C@]34CC[C@H]2O4)cc1. The van der Waals surface area contributed by atoms with Crippen LogP contribution in [0.4, 0.5) is 0 Å². The molecule has 1 N–H and O–H groups in total. The Kier molecular flexibility index (Phi) is 3.27. The Morgan fingerprint density at radius 1 is 1.41 bits per heavy atom. The van der Waals surface area contributed by atoms with Crippen LogP contribution in [0.25, 0.3) is 0 Å². The molecule has 3 saturated heterocycles. The molecule has 3 aliphatic heterocycles. The van der Waals surface area contributed by atoms with Gasteiger partial charge in [0.05, 0.1) is 11.7 Å². The van der Waals surface area contributed by atoms with Gasteiger partial charge in [0.25, 0.3) is 5.91 Å². The lowest BCUT2D eigenvalue weighted by molar-refractivity contribution is 0.00472. The van der Waals surface area contributed by atoms with Crippen molar-refractivity contribution in [3.63, 3.8) is 0 Å². The number of hydrogen-bond acceptors (Lipinski definition) is 3. The van der Waals surface area contributed by atoms with Crippen molar-refractivity contribution in [1.82, 2.24) is 10.2 Å². The van der Waals surface area contributed by atoms with Crippen LogP contribution in [0.1, 0.15) is 28.8 Å². The van der Waals surface area contributed by atoms with Crippen molar-refractivity contribution in [3.8, 4) is 0 Å². The molecule has 3 heterocycles. The summed E-state index contributed by atoms with van der Waals surface area (Å²) in [6.07, 6.45) is 2.68. The minimum atomic E-state index is 0.0307. The Labute approximate surface area is 131 Å². The summed E-state index contributed by atoms with van der Waals surface area (Å²) in [7, 11) is 2.17. The van der Waals surface area contributed by atoms with Crippen molar-refractivity contribution < 1.29 is 9.53 Å². The predicted molar refractivity (Wildman–Crippen MR) is 84.8 cm³/mol. The average molecular weight is 300 g/mol. The molecule has 1 aromatic carbocycles. The van der Waals surface area contributed by atoms with E-state index in [1.807, 2.05) is 31.2 Å². The van der Waals surface area contributed by atoms with Gasteiger partial charge in [-0.05, 0) is 38.9 Å². The van der Waals surface area contributed by atoms with Gasteiger partial charge in [0.1, 0.15) is 0 Å². The summed E-state index contributed by atoms with van der Waals surface area (Å²) in [5, 5.41) is 3.13. The van der Waals surface area contributed by atoms with Crippen LogP contribution in [0.15, 0.2) is 24.3 Å². The molecule has 0 aromatic heterocycles. The largest absolute Gasteiger partial charge is 0.370 e. The van der Waals surface area contributed by atoms with E-state index >= 15 is 0 Å². The molecule has 4 nitrogen and oxygen atoms in total. The van der Waals surface area contributed by atoms with Crippen LogP contribution >= 0.6 is 0 Å². The third-order valence-electron chi connectivity index (χ3n) is 5.77. The number of nitrogens with one attached hydrogen (secondary N) is 1. The molecule has 0 saturated carbocycles. The summed E-state index contributed by atoms with van der Waals surface area (Å²) in [6, 6.07) is 7.76. The third-order valence-corrected chi connectivity index (χ3v) is 5.77. The number of rotatable bonds is 3. The molecule has 1 amide bonds. The molecular weight excluding hydrogens is 276 g/mol. The molecule has 0 aliphatic carbocycles. The minimum Gasteiger partial charge on any atom is -0.370 e. The van der Waals surface area contributed by atoms with Crippen molar-refractivity contribution >= 4 is 5.91 Å². The Balaban J connectivity index is 1.42. The molecule has 2 bridgehead atoms. The molecule has 3 fully saturated rings. The molecule has 0 unspecified atom stereocenters. The number of nitrogens with zero attached hydrogens (tertiary/aromatic N) is 1. The number of likely N-dealkylation sites (N-methyl/N-ethyl adjacent to an activating group) is 1. The number of hydrogen-bond donors (Lipinski definition) is 1. The van der Waals surface area contributed by atoms with Gasteiger partial charge in [-0.2, -0.15) is 0 Å². The molecule has 0 radical (unpaired) electrons. The lowest BCUT2D eigenvalue weighted by Gasteiger charge is -2.29. The normalized spacial score (nSPS) is 36.5. The number of likely N-dealkylation sites (tertiary alicyclic amines) is 1. The van der Waals surface area contributed by atoms with Crippen LogP contribution in [0.2, 0.25) is 0 Å². The Hall–Kier alpha value is -1.39. The number of carbonyl (C=O) groups is 1. The predicted octanol–water partition coefficient (Wildman–Crippen LogP) is 1.83. The zero-order valence-corrected chi connectivity index (χ0v) is 13.3. The Morgan fingerprint density at radius 2 is 2.18 bits per heavy atom. The second-order valence-corrected chi connectivity index (χ2v) is 7.30. The Bertz CT molecular complexity index is 585. The first-order valence-corrected chi connectivity index (χ1v) is 8.29. The maximum absolute atomic E-state index is 12.3. The van der Waals surface area contributed by atoms with E-state index in [1.165, 1.54) is 12.0 Å². The highest BCUT2D eigenvalue weighted by molar-refractivity contribution is 5.94. The summed E-state index contributed by atoms with van der Waals surface area (Å²) in [6.45, 7) is 4.92. The molecular formula is C18H24N2O2. The van der Waals surface area contributed by atoms with Gasteiger partial charge in [0, 0.05) is 37.0 Å². The maximum atomic E-state index is 12.3. The summed E-state index contributed by atoms with van der Waals surface area (Å²) in [5.41, 5.74) is 2.00. The number of carbonyl (C=O) groups excluding carboxylic acids is 1. The van der Waals surface area contributed by atoms with Gasteiger partial charge in [-0.15, -0.1) is 0 Å². The number of amides is 1. The van der Waals surface area contributed by atoms with E-state index in [1.54, 1.807) is 0 Å². The van der Waals surface area contributed by atoms with Crippen molar-refractivity contribution in [3.05, 3.63) is 35.4 Å². The molecule has 4 rings (SSSR count). The van der Waals surface area contributed by atoms with E-state index in [9.17, 15) is 4.79 Å². The first kappa shape index (κ1) is 14.2. The molecule has 3 aliphatic rings. The van der Waals surface area contributed by atoms with E-state index in [4.69, 9.17) is 4.74 Å². The number of aryl methyl sites for hydroxylation is 1. The van der Waals surface area contributed by atoms with Crippen molar-refractivity contribution in [2.75, 3.05) is 26.7 Å². The molecule has 1 spiro atoms. The van der Waals surface area contributed by atoms with Gasteiger partial charge in [-0.3, -0.25) is 4.79 Å². The molecule has 4 heteroatoms. The van der Waals surface area contributed by atoms with E-state index in [-0.39, 0.29) is 11.5 Å². The number of fused-ring (bicyclic) bond motifs is 1. The van der Waals surface area contributed by atoms with Gasteiger partial charge in [0.15, 0.2) is 0 Å². The zero-order valence-electron chi connectivity index (χ0n) is 13.3. The minimum absolute atomic E-state index is 0.0307. The van der Waals surface area contributed by atoms with Gasteiger partial charge in [-0.25, -0.2) is 0 Å². The molecule has 4 atom stereocenters. The first-order chi connectivity index (χ1) is 10.6. The first-order valence-electron chi connectivity index (χ1n) is 8.29. The maximum Gasteiger partial charge on any atom is 0.251 e. The number of ether oxygens (including phenoxy) is 1. The summed E-state index contributed by atoms with van der Waals surface area (Å²) in [5.74, 6) is 1.07. The van der Waals surface area contributed by atoms with Gasteiger partial charge < -0.3 is 15.0 Å². The van der Waals surface area contributed by atoms with Gasteiger partial charge >= 0.3 is 0 Å². The van der Waals surface area contributed by atoms with Crippen molar-refractivity contribution in [2.24, 2.45) is 11.8 Å². The standard InChI is InChI=1S/C18H24N2O2/c1-12-3-5-13(6-4-12)17(21)19-9-14-15-10-20(2)11-18(15)8-7-16(14)22-18/h3-6,14-16H,7-11H2,1-2H3,(H,19,21)/t14-,15+,16+,18+/m0/s1. The van der Waals surface area contributed by atoms with Gasteiger partial charge in [-0.1, -0.05) is 17.7 Å². The van der Waals surface area contributed by atoms with E-state index in [0.717, 1.165) is 31.6 Å². The second-order valence-electron chi connectivity index (χ2n) is 7.30. The lowest BCUT2D eigenvalue weighted by atomic mass is 9.73. The highest BCUT2D eigenvalue weighted by Gasteiger charge is 2.62. The van der Waals surface area contributed by atoms with Crippen LogP contribution in [0.3, 0.4) is 0 Å². The smallest absolute Gasteiger partial charge is 0.251 e. The molecule has 118 valence electrons. The quantitative estimate of drug-likeness (QED) is 0.926. The summed E-state index contributed by atoms with van der Waals surface area (Å²) in [4.78, 5) is 14.7. The van der Waals surface area contributed by atoms with E-state index < -0.39 is 0 Å². The fourth-order valence-electron chi connectivity index (χ4n) is 4.71. The number of benzene rings is 1. The molecule has 1 aromatic rings. The fourth-order valence-corrected chi connectivity index (χ4v) is 4.71. The van der Waals surface area contributed by atoms with E-state index in [2.05, 4.69) is 17.3 Å². The zero-order chi connectivity index (χ0) is 15.3. The average Bonchev–Trinajstić information content (AvgIpc) is 3.12. The van der Waals surface area contributed by atoms with E-state index in [0.29, 0.717) is 17.9 Å². The Morgan fingerprint density at radius 3 is 2.95 bits per heavy atom. The topological polar surface area (TPSA) is 41.6 Å². The van der Waals surface area contributed by atoms with Crippen LogP contribution in [-0.4, -0.2) is 49.2 Å². The van der Waals surface area contributed by atoms with Gasteiger partial charge in [0.2, 0.25) is 0 Å². The molecule has 22 heavy (non-hydrogen) atoms. The highest BCUT2D eigenvalue weighted by atomic mass is 16.5. The van der Waals surface area contributed by atoms with Crippen molar-refractivity contribution in [1.29, 1.82) is 0 Å². The second kappa shape index (κ2) is 5.07. The lowest BCUT2D eigenvalue weighted by Crippen LogP contribution is -2.41. The van der Waals surface area contributed by atoms with Crippen LogP contribution in [0.5, 0.6) is 0 Å². The fraction of sp³-hybridized carbons (Fsp3) is 0.611. The summed E-state index contributed by atoms with van der Waals surface area (Å²) >= 11 is 0. The third kappa shape index (κ3) is 2.17. The van der Waals surface area contributed by atoms with Crippen LogP contribution < -0.4 is 5.32 Å². The monoisotopic (exact) mass is 300 g/mol. The van der Waals surface area contributed by atoms with Crippen LogP contribution in [0, 0.1) is 18.8 Å². The highest BCUT2D eigenvalue weighted by Crippen LogP contribution is 2.54. The summed E-state index contributed by atoms with van der Waals surface area (Å²) < 4.78 is 6.33. The van der Waals surface area contributed by atoms with Crippen LogP contribution in [-0.2, 0) is 4.74 Å².